The van der Waals surface area contributed by atoms with Crippen molar-refractivity contribution in [2.75, 3.05) is 5.32 Å². The van der Waals surface area contributed by atoms with Crippen molar-refractivity contribution >= 4 is 34.8 Å². The lowest BCUT2D eigenvalue weighted by molar-refractivity contribution is 0.101. The number of rotatable bonds is 5. The zero-order chi connectivity index (χ0) is 21.3. The molecule has 0 radical (unpaired) electrons. The van der Waals surface area contributed by atoms with Crippen LogP contribution < -0.4 is 10.1 Å². The summed E-state index contributed by atoms with van der Waals surface area (Å²) in [5.74, 6) is -12.1. The average molecular weight is 452 g/mol. The SMILES string of the molecule is O=C(Nc1c(F)c(F)c(F)c(F)c1F)c1ccn(COc2c(Cl)cccc2Cl)n1. The Kier molecular flexibility index (Phi) is 5.94. The number of carbonyl (C=O) groups is 1. The highest BCUT2D eigenvalue weighted by Gasteiger charge is 2.27. The molecule has 1 aromatic heterocycles. The largest absolute Gasteiger partial charge is 0.468 e. The van der Waals surface area contributed by atoms with Crippen molar-refractivity contribution in [2.45, 2.75) is 6.73 Å². The van der Waals surface area contributed by atoms with Crippen LogP contribution in [0.5, 0.6) is 5.75 Å². The molecule has 1 heterocycles. The first-order valence-electron chi connectivity index (χ1n) is 7.63. The zero-order valence-corrected chi connectivity index (χ0v) is 15.5. The van der Waals surface area contributed by atoms with E-state index in [0.717, 1.165) is 10.7 Å². The molecular weight excluding hydrogens is 444 g/mol. The number of aromatic nitrogens is 2. The standard InChI is InChI=1S/C17H8Cl2F5N3O2/c18-7-2-1-3-8(19)16(7)29-6-27-5-4-9(26-27)17(28)25-15-13(23)11(21)10(20)12(22)14(15)24/h1-5H,6H2,(H,25,28). The van der Waals surface area contributed by atoms with E-state index in [1.54, 1.807) is 11.4 Å². The van der Waals surface area contributed by atoms with Gasteiger partial charge in [0.1, 0.15) is 5.69 Å². The van der Waals surface area contributed by atoms with Crippen LogP contribution in [0, 0.1) is 29.1 Å². The third-order valence-corrected chi connectivity index (χ3v) is 4.18. The second kappa shape index (κ2) is 8.26. The van der Waals surface area contributed by atoms with E-state index in [2.05, 4.69) is 5.10 Å². The van der Waals surface area contributed by atoms with Crippen molar-refractivity contribution in [1.29, 1.82) is 0 Å². The Bertz CT molecular complexity index is 1060. The summed E-state index contributed by atoms with van der Waals surface area (Å²) in [6.45, 7) is -0.237. The van der Waals surface area contributed by atoms with Crippen LogP contribution in [0.15, 0.2) is 30.5 Å². The molecule has 0 unspecified atom stereocenters. The Morgan fingerprint density at radius 3 is 2.10 bits per heavy atom. The molecule has 0 fully saturated rings. The molecule has 152 valence electrons. The third-order valence-electron chi connectivity index (χ3n) is 3.58. The van der Waals surface area contributed by atoms with Crippen LogP contribution >= 0.6 is 23.2 Å². The lowest BCUT2D eigenvalue weighted by Gasteiger charge is -2.10. The Morgan fingerprint density at radius 2 is 1.52 bits per heavy atom. The van der Waals surface area contributed by atoms with Gasteiger partial charge in [-0.1, -0.05) is 29.3 Å². The molecule has 0 aliphatic rings. The van der Waals surface area contributed by atoms with E-state index >= 15 is 0 Å². The molecule has 29 heavy (non-hydrogen) atoms. The molecule has 0 spiro atoms. The summed E-state index contributed by atoms with van der Waals surface area (Å²) in [6, 6.07) is 5.82. The molecule has 0 aliphatic carbocycles. The summed E-state index contributed by atoms with van der Waals surface area (Å²) in [6.07, 6.45) is 1.28. The van der Waals surface area contributed by atoms with E-state index in [9.17, 15) is 26.7 Å². The number of halogens is 7. The minimum Gasteiger partial charge on any atom is -0.468 e. The molecule has 5 nitrogen and oxygen atoms in total. The van der Waals surface area contributed by atoms with E-state index < -0.39 is 40.7 Å². The Morgan fingerprint density at radius 1 is 0.966 bits per heavy atom. The van der Waals surface area contributed by atoms with Gasteiger partial charge in [0.15, 0.2) is 41.4 Å². The number of hydrogen-bond acceptors (Lipinski definition) is 3. The predicted molar refractivity (Wildman–Crippen MR) is 93.5 cm³/mol. The number of ether oxygens (including phenoxy) is 1. The smallest absolute Gasteiger partial charge is 0.276 e. The maximum atomic E-state index is 13.7. The van der Waals surface area contributed by atoms with Gasteiger partial charge in [-0.3, -0.25) is 4.79 Å². The normalized spacial score (nSPS) is 10.9. The highest BCUT2D eigenvalue weighted by molar-refractivity contribution is 6.37. The number of nitrogens with zero attached hydrogens (tertiary/aromatic N) is 2. The maximum absolute atomic E-state index is 13.7. The van der Waals surface area contributed by atoms with Gasteiger partial charge in [-0.05, 0) is 18.2 Å². The summed E-state index contributed by atoms with van der Waals surface area (Å²) in [5, 5.41) is 5.87. The van der Waals surface area contributed by atoms with Crippen molar-refractivity contribution in [2.24, 2.45) is 0 Å². The predicted octanol–water partition coefficient (Wildman–Crippen LogP) is 5.17. The number of para-hydroxylation sites is 1. The van der Waals surface area contributed by atoms with E-state index in [1.807, 2.05) is 0 Å². The maximum Gasteiger partial charge on any atom is 0.276 e. The average Bonchev–Trinajstić information content (AvgIpc) is 3.17. The number of benzene rings is 2. The molecule has 3 aromatic rings. The molecule has 3 rings (SSSR count). The molecule has 0 saturated carbocycles. The van der Waals surface area contributed by atoms with Gasteiger partial charge in [-0.2, -0.15) is 5.10 Å². The summed E-state index contributed by atoms with van der Waals surface area (Å²) in [5.41, 5.74) is -1.86. The zero-order valence-electron chi connectivity index (χ0n) is 14.0. The lowest BCUT2D eigenvalue weighted by atomic mass is 10.2. The molecule has 1 N–H and O–H groups in total. The Hall–Kier alpha value is -2.85. The fourth-order valence-electron chi connectivity index (χ4n) is 2.20. The third kappa shape index (κ3) is 4.13. The molecule has 0 saturated heterocycles. The minimum atomic E-state index is -2.34. The highest BCUT2D eigenvalue weighted by Crippen LogP contribution is 2.32. The number of anilines is 1. The monoisotopic (exact) mass is 451 g/mol. The van der Waals surface area contributed by atoms with Crippen molar-refractivity contribution in [1.82, 2.24) is 9.78 Å². The quantitative estimate of drug-likeness (QED) is 0.330. The van der Waals surface area contributed by atoms with Crippen LogP contribution in [0.4, 0.5) is 27.6 Å². The molecular formula is C17H8Cl2F5N3O2. The number of hydrogen-bond donors (Lipinski definition) is 1. The highest BCUT2D eigenvalue weighted by atomic mass is 35.5. The van der Waals surface area contributed by atoms with Crippen LogP contribution in [0.2, 0.25) is 10.0 Å². The van der Waals surface area contributed by atoms with Crippen LogP contribution in [-0.4, -0.2) is 15.7 Å². The Labute approximate surface area is 169 Å². The van der Waals surface area contributed by atoms with Gasteiger partial charge < -0.3 is 10.1 Å². The second-order valence-corrected chi connectivity index (χ2v) is 6.28. The van der Waals surface area contributed by atoms with Gasteiger partial charge in [0.2, 0.25) is 5.82 Å². The second-order valence-electron chi connectivity index (χ2n) is 5.46. The first-order chi connectivity index (χ1) is 13.7. The molecule has 12 heteroatoms. The first kappa shape index (κ1) is 20.9. The molecule has 0 bridgehead atoms. The summed E-state index contributed by atoms with van der Waals surface area (Å²) in [4.78, 5) is 12.1. The van der Waals surface area contributed by atoms with Gasteiger partial charge >= 0.3 is 0 Å². The first-order valence-corrected chi connectivity index (χ1v) is 8.39. The van der Waals surface area contributed by atoms with E-state index in [1.165, 1.54) is 18.3 Å². The van der Waals surface area contributed by atoms with Crippen molar-refractivity contribution in [3.63, 3.8) is 0 Å². The Balaban J connectivity index is 1.75. The van der Waals surface area contributed by atoms with Crippen LogP contribution in [0.25, 0.3) is 0 Å². The van der Waals surface area contributed by atoms with Gasteiger partial charge in [0.05, 0.1) is 10.0 Å². The number of amides is 1. The summed E-state index contributed by atoms with van der Waals surface area (Å²) < 4.78 is 73.3. The number of nitrogens with one attached hydrogen (secondary N) is 1. The van der Waals surface area contributed by atoms with Gasteiger partial charge in [0, 0.05) is 6.20 Å². The van der Waals surface area contributed by atoms with Crippen LogP contribution in [-0.2, 0) is 6.73 Å². The van der Waals surface area contributed by atoms with Crippen LogP contribution in [0.3, 0.4) is 0 Å². The molecule has 1 amide bonds. The van der Waals surface area contributed by atoms with E-state index in [-0.39, 0.29) is 28.2 Å². The van der Waals surface area contributed by atoms with Gasteiger partial charge in [0.25, 0.3) is 5.91 Å². The fourth-order valence-corrected chi connectivity index (χ4v) is 2.70. The minimum absolute atomic E-state index is 0.165. The fraction of sp³-hybridized carbons (Fsp3) is 0.0588. The topological polar surface area (TPSA) is 56.2 Å². The van der Waals surface area contributed by atoms with Crippen molar-refractivity contribution in [3.05, 3.63) is 75.3 Å². The number of carbonyl (C=O) groups excluding carboxylic acids is 1. The van der Waals surface area contributed by atoms with Crippen LogP contribution in [0.1, 0.15) is 10.5 Å². The van der Waals surface area contributed by atoms with Gasteiger partial charge in [-0.25, -0.2) is 26.6 Å². The van der Waals surface area contributed by atoms with Gasteiger partial charge in [-0.15, -0.1) is 0 Å². The molecule has 0 atom stereocenters. The van der Waals surface area contributed by atoms with Crippen molar-refractivity contribution < 1.29 is 31.5 Å². The molecule has 2 aromatic carbocycles. The lowest BCUT2D eigenvalue weighted by Crippen LogP contribution is -2.18. The summed E-state index contributed by atoms with van der Waals surface area (Å²) in [7, 11) is 0. The molecule has 0 aliphatic heterocycles. The van der Waals surface area contributed by atoms with Crippen molar-refractivity contribution in [3.8, 4) is 5.75 Å². The van der Waals surface area contributed by atoms with E-state index in [4.69, 9.17) is 27.9 Å². The van der Waals surface area contributed by atoms with E-state index in [0.29, 0.717) is 0 Å². The summed E-state index contributed by atoms with van der Waals surface area (Å²) >= 11 is 11.9.